The second-order valence-corrected chi connectivity index (χ2v) is 7.25. The predicted molar refractivity (Wildman–Crippen MR) is 106 cm³/mol. The third kappa shape index (κ3) is 5.45. The van der Waals surface area contributed by atoms with Crippen molar-refractivity contribution in [2.75, 3.05) is 38.7 Å². The van der Waals surface area contributed by atoms with Crippen LogP contribution in [0.3, 0.4) is 0 Å². The molecule has 5 nitrogen and oxygen atoms in total. The second-order valence-electron chi connectivity index (χ2n) is 7.25. The van der Waals surface area contributed by atoms with E-state index in [0.29, 0.717) is 12.5 Å². The maximum Gasteiger partial charge on any atom is 0.256 e. The molecule has 1 amide bonds. The van der Waals surface area contributed by atoms with Gasteiger partial charge in [-0.25, -0.2) is 0 Å². The number of methoxy groups -OCH3 is 1. The van der Waals surface area contributed by atoms with Crippen molar-refractivity contribution in [1.29, 1.82) is 0 Å². The molecule has 5 heteroatoms. The topological polar surface area (TPSA) is 50.8 Å². The molecule has 1 N–H and O–H groups in total. The number of ether oxygens (including phenoxy) is 2. The van der Waals surface area contributed by atoms with E-state index in [9.17, 15) is 4.79 Å². The lowest BCUT2D eigenvalue weighted by molar-refractivity contribution is -0.143. The Labute approximate surface area is 158 Å². The number of rotatable bonds is 9. The number of carbonyl (C=O) groups excluding carboxylic acids is 1. The van der Waals surface area contributed by atoms with Gasteiger partial charge in [-0.1, -0.05) is 27.2 Å². The Hall–Kier alpha value is -1.59. The molecule has 1 aromatic carbocycles. The summed E-state index contributed by atoms with van der Waals surface area (Å²) >= 11 is 0. The fourth-order valence-corrected chi connectivity index (χ4v) is 3.70. The highest BCUT2D eigenvalue weighted by Crippen LogP contribution is 2.35. The van der Waals surface area contributed by atoms with Gasteiger partial charge in [-0.3, -0.25) is 4.79 Å². The van der Waals surface area contributed by atoms with Crippen LogP contribution < -0.4 is 10.1 Å². The van der Waals surface area contributed by atoms with Gasteiger partial charge in [-0.05, 0) is 62.5 Å². The highest BCUT2D eigenvalue weighted by Gasteiger charge is 2.41. The van der Waals surface area contributed by atoms with Gasteiger partial charge in [0.1, 0.15) is 18.0 Å². The molecule has 2 rings (SSSR count). The summed E-state index contributed by atoms with van der Waals surface area (Å²) < 4.78 is 11.5. The molecule has 1 aliphatic rings. The maximum absolute atomic E-state index is 12.8. The van der Waals surface area contributed by atoms with Crippen molar-refractivity contribution >= 4 is 11.6 Å². The highest BCUT2D eigenvalue weighted by atomic mass is 16.5. The summed E-state index contributed by atoms with van der Waals surface area (Å²) in [6.07, 6.45) is 3.76. The van der Waals surface area contributed by atoms with Crippen LogP contribution in [0.5, 0.6) is 5.75 Å². The van der Waals surface area contributed by atoms with Gasteiger partial charge < -0.3 is 19.7 Å². The Morgan fingerprint density at radius 3 is 2.54 bits per heavy atom. The minimum atomic E-state index is -0.698. The number of amides is 1. The number of anilines is 1. The molecule has 0 radical (unpaired) electrons. The first kappa shape index (κ1) is 20.7. The van der Waals surface area contributed by atoms with E-state index in [-0.39, 0.29) is 5.91 Å². The molecule has 0 bridgehead atoms. The van der Waals surface area contributed by atoms with E-state index in [1.165, 1.54) is 0 Å². The van der Waals surface area contributed by atoms with Gasteiger partial charge in [0.25, 0.3) is 5.91 Å². The van der Waals surface area contributed by atoms with Gasteiger partial charge in [0.05, 0.1) is 0 Å². The monoisotopic (exact) mass is 362 g/mol. The minimum Gasteiger partial charge on any atom is -0.492 e. The summed E-state index contributed by atoms with van der Waals surface area (Å²) in [5.74, 6) is 1.29. The van der Waals surface area contributed by atoms with Crippen LogP contribution in [0.1, 0.15) is 46.5 Å². The first-order valence-corrected chi connectivity index (χ1v) is 9.84. The summed E-state index contributed by atoms with van der Waals surface area (Å²) in [5, 5.41) is 3.02. The number of nitrogens with zero attached hydrogens (tertiary/aromatic N) is 1. The van der Waals surface area contributed by atoms with Crippen molar-refractivity contribution in [3.05, 3.63) is 24.3 Å². The Kier molecular flexibility index (Phi) is 7.91. The minimum absolute atomic E-state index is 0.0400. The zero-order chi connectivity index (χ0) is 19.0. The van der Waals surface area contributed by atoms with E-state index in [1.807, 2.05) is 24.3 Å². The van der Waals surface area contributed by atoms with Crippen LogP contribution in [-0.4, -0.2) is 49.8 Å². The molecule has 1 fully saturated rings. The van der Waals surface area contributed by atoms with Crippen LogP contribution in [-0.2, 0) is 9.53 Å². The number of likely N-dealkylation sites (N-methyl/N-ethyl adjacent to an activating group) is 1. The molecule has 26 heavy (non-hydrogen) atoms. The molecule has 2 atom stereocenters. The fraction of sp³-hybridized carbons (Fsp3) is 0.667. The standard InChI is InChI=1S/C21H34N2O3/c1-5-23(6-2)14-15-26-19-11-9-18(10-12-19)22-20(24)21(25-4)13-7-8-17(3)16-21/h9-12,17H,5-8,13-16H2,1-4H3,(H,22,24)/t17-,21+/m0/s1. The van der Waals surface area contributed by atoms with Crippen molar-refractivity contribution in [2.45, 2.75) is 52.1 Å². The van der Waals surface area contributed by atoms with Crippen molar-refractivity contribution in [1.82, 2.24) is 4.90 Å². The summed E-state index contributed by atoms with van der Waals surface area (Å²) in [5.41, 5.74) is 0.0807. The summed E-state index contributed by atoms with van der Waals surface area (Å²) in [4.78, 5) is 15.1. The second kappa shape index (κ2) is 9.93. The van der Waals surface area contributed by atoms with E-state index < -0.39 is 5.60 Å². The smallest absolute Gasteiger partial charge is 0.256 e. The molecule has 0 heterocycles. The van der Waals surface area contributed by atoms with E-state index in [2.05, 4.69) is 31.0 Å². The van der Waals surface area contributed by atoms with Crippen LogP contribution in [0.2, 0.25) is 0 Å². The van der Waals surface area contributed by atoms with E-state index in [0.717, 1.165) is 56.8 Å². The molecule has 0 unspecified atom stereocenters. The van der Waals surface area contributed by atoms with Gasteiger partial charge in [-0.15, -0.1) is 0 Å². The molecule has 0 saturated heterocycles. The fourth-order valence-electron chi connectivity index (χ4n) is 3.70. The van der Waals surface area contributed by atoms with E-state index in [1.54, 1.807) is 7.11 Å². The molecule has 0 spiro atoms. The molecule has 1 saturated carbocycles. The largest absolute Gasteiger partial charge is 0.492 e. The van der Waals surface area contributed by atoms with Gasteiger partial charge in [0, 0.05) is 19.3 Å². The third-order valence-corrected chi connectivity index (χ3v) is 5.44. The zero-order valence-corrected chi connectivity index (χ0v) is 16.7. The Morgan fingerprint density at radius 1 is 1.27 bits per heavy atom. The predicted octanol–water partition coefficient (Wildman–Crippen LogP) is 3.94. The average Bonchev–Trinajstić information content (AvgIpc) is 2.66. The van der Waals surface area contributed by atoms with Crippen LogP contribution >= 0.6 is 0 Å². The number of nitrogens with one attached hydrogen (secondary N) is 1. The first-order valence-electron chi connectivity index (χ1n) is 9.84. The normalized spacial score (nSPS) is 23.0. The summed E-state index contributed by atoms with van der Waals surface area (Å²) in [6, 6.07) is 7.59. The van der Waals surface area contributed by atoms with Crippen LogP contribution in [0.15, 0.2) is 24.3 Å². The Balaban J connectivity index is 1.88. The Bertz CT molecular complexity index is 557. The molecule has 1 aromatic rings. The van der Waals surface area contributed by atoms with Gasteiger partial charge in [0.15, 0.2) is 0 Å². The number of benzene rings is 1. The highest BCUT2D eigenvalue weighted by molar-refractivity contribution is 5.97. The van der Waals surface area contributed by atoms with Crippen LogP contribution in [0.4, 0.5) is 5.69 Å². The third-order valence-electron chi connectivity index (χ3n) is 5.44. The van der Waals surface area contributed by atoms with Crippen LogP contribution in [0.25, 0.3) is 0 Å². The number of hydrogen-bond acceptors (Lipinski definition) is 4. The van der Waals surface area contributed by atoms with Crippen LogP contribution in [0, 0.1) is 5.92 Å². The number of hydrogen-bond donors (Lipinski definition) is 1. The first-order chi connectivity index (χ1) is 12.5. The van der Waals surface area contributed by atoms with Crippen molar-refractivity contribution in [3.8, 4) is 5.75 Å². The average molecular weight is 363 g/mol. The van der Waals surface area contributed by atoms with Crippen molar-refractivity contribution in [2.24, 2.45) is 5.92 Å². The molecule has 1 aliphatic carbocycles. The lowest BCUT2D eigenvalue weighted by Crippen LogP contribution is -2.47. The molecular weight excluding hydrogens is 328 g/mol. The van der Waals surface area contributed by atoms with Crippen molar-refractivity contribution < 1.29 is 14.3 Å². The molecule has 0 aliphatic heterocycles. The van der Waals surface area contributed by atoms with Gasteiger partial charge in [-0.2, -0.15) is 0 Å². The SMILES string of the molecule is CCN(CC)CCOc1ccc(NC(=O)[C@@]2(OC)CCC[C@H](C)C2)cc1. The van der Waals surface area contributed by atoms with Gasteiger partial charge >= 0.3 is 0 Å². The maximum atomic E-state index is 12.8. The lowest BCUT2D eigenvalue weighted by Gasteiger charge is -2.37. The molecule has 146 valence electrons. The zero-order valence-electron chi connectivity index (χ0n) is 16.7. The van der Waals surface area contributed by atoms with E-state index in [4.69, 9.17) is 9.47 Å². The summed E-state index contributed by atoms with van der Waals surface area (Å²) in [7, 11) is 1.64. The van der Waals surface area contributed by atoms with Crippen molar-refractivity contribution in [3.63, 3.8) is 0 Å². The quantitative estimate of drug-likeness (QED) is 0.723. The lowest BCUT2D eigenvalue weighted by atomic mass is 9.78. The van der Waals surface area contributed by atoms with E-state index >= 15 is 0 Å². The Morgan fingerprint density at radius 2 is 1.96 bits per heavy atom. The molecule has 0 aromatic heterocycles. The van der Waals surface area contributed by atoms with Gasteiger partial charge in [0.2, 0.25) is 0 Å². The molecular formula is C21H34N2O3. The number of carbonyl (C=O) groups is 1. The summed E-state index contributed by atoms with van der Waals surface area (Å²) in [6.45, 7) is 10.1.